The van der Waals surface area contributed by atoms with Crippen LogP contribution in [-0.2, 0) is 11.2 Å². The maximum Gasteiger partial charge on any atom is 0.231 e. The van der Waals surface area contributed by atoms with Crippen LogP contribution in [0.5, 0.6) is 28.7 Å². The van der Waals surface area contributed by atoms with Gasteiger partial charge in [-0.15, -0.1) is 0 Å². The van der Waals surface area contributed by atoms with Crippen LogP contribution in [0.15, 0.2) is 18.2 Å². The van der Waals surface area contributed by atoms with Crippen molar-refractivity contribution in [2.75, 3.05) is 20.0 Å². The largest absolute Gasteiger partial charge is 0.507 e. The molecule has 0 saturated carbocycles. The summed E-state index contributed by atoms with van der Waals surface area (Å²) in [6, 6.07) is 5.31. The van der Waals surface area contributed by atoms with Crippen LogP contribution in [0.2, 0.25) is 0 Å². The molecule has 198 valence electrons. The van der Waals surface area contributed by atoms with E-state index >= 15 is 0 Å². The van der Waals surface area contributed by atoms with Gasteiger partial charge in [-0.2, -0.15) is 0 Å². The normalized spacial score (nSPS) is 28.4. The summed E-state index contributed by atoms with van der Waals surface area (Å²) < 4.78 is 27.5. The Morgan fingerprint density at radius 2 is 1.84 bits per heavy atom. The lowest BCUT2D eigenvalue weighted by atomic mass is 9.86. The van der Waals surface area contributed by atoms with Gasteiger partial charge in [-0.05, 0) is 31.0 Å². The van der Waals surface area contributed by atoms with Crippen molar-refractivity contribution in [3.8, 4) is 28.7 Å². The number of Topliss-reactive ketones (excluding diaryl/α,β-unsaturated/α-hetero) is 1. The van der Waals surface area contributed by atoms with Crippen LogP contribution < -0.4 is 18.9 Å². The highest BCUT2D eigenvalue weighted by molar-refractivity contribution is 6.07. The molecule has 0 aliphatic carbocycles. The van der Waals surface area contributed by atoms with Gasteiger partial charge in [0.1, 0.15) is 47.2 Å². The van der Waals surface area contributed by atoms with Gasteiger partial charge >= 0.3 is 0 Å². The van der Waals surface area contributed by atoms with E-state index in [1.165, 1.54) is 6.92 Å². The van der Waals surface area contributed by atoms with Crippen LogP contribution in [0.4, 0.5) is 0 Å². The molecule has 1 fully saturated rings. The second-order valence-corrected chi connectivity index (χ2v) is 9.12. The molecule has 37 heavy (non-hydrogen) atoms. The number of aliphatic hydroxyl groups is 4. The van der Waals surface area contributed by atoms with E-state index in [0.29, 0.717) is 17.8 Å². The molecule has 12 nitrogen and oxygen atoms in total. The second kappa shape index (κ2) is 9.80. The van der Waals surface area contributed by atoms with Crippen LogP contribution in [0.25, 0.3) is 0 Å². The number of aliphatic hydroxyl groups excluding tert-OH is 4. The SMILES string of the molecule is Cc1c(O)c2c(c(C=O)c1O[C@@H]1O[C@H](CO)[C@H](O)[C@H](O)[C@H]1O)OC[C@H](Cc1ccc3c(c1)OCO3)C2=O. The van der Waals surface area contributed by atoms with Gasteiger partial charge in [-0.1, -0.05) is 6.07 Å². The molecular weight excluding hydrogens is 492 g/mol. The van der Waals surface area contributed by atoms with Gasteiger partial charge in [0.15, 0.2) is 23.6 Å². The zero-order chi connectivity index (χ0) is 26.4. The van der Waals surface area contributed by atoms with Crippen molar-refractivity contribution >= 4 is 12.1 Å². The molecule has 5 N–H and O–H groups in total. The van der Waals surface area contributed by atoms with Crippen molar-refractivity contribution in [3.63, 3.8) is 0 Å². The van der Waals surface area contributed by atoms with E-state index in [9.17, 15) is 35.1 Å². The lowest BCUT2D eigenvalue weighted by Gasteiger charge is -2.40. The Hall–Kier alpha value is -3.42. The number of hydrogen-bond donors (Lipinski definition) is 5. The number of fused-ring (bicyclic) bond motifs is 2. The number of carbonyl (C=O) groups excluding carboxylic acids is 2. The minimum atomic E-state index is -1.75. The van der Waals surface area contributed by atoms with Gasteiger partial charge in [0, 0.05) is 5.56 Å². The molecule has 6 atom stereocenters. The number of phenolic OH excluding ortho intramolecular Hbond substituents is 1. The summed E-state index contributed by atoms with van der Waals surface area (Å²) in [5, 5.41) is 50.7. The first-order chi connectivity index (χ1) is 17.7. The zero-order valence-electron chi connectivity index (χ0n) is 19.7. The van der Waals surface area contributed by atoms with Crippen LogP contribution in [0, 0.1) is 12.8 Å². The van der Waals surface area contributed by atoms with Crippen molar-refractivity contribution in [1.82, 2.24) is 0 Å². The highest BCUT2D eigenvalue weighted by Gasteiger charge is 2.46. The molecular formula is C25H26O12. The molecule has 12 heteroatoms. The molecule has 0 amide bonds. The second-order valence-electron chi connectivity index (χ2n) is 9.12. The van der Waals surface area contributed by atoms with Gasteiger partial charge < -0.3 is 49.2 Å². The Balaban J connectivity index is 1.44. The number of rotatable bonds is 6. The van der Waals surface area contributed by atoms with Gasteiger partial charge in [0.25, 0.3) is 0 Å². The molecule has 0 radical (unpaired) electrons. The van der Waals surface area contributed by atoms with Crippen molar-refractivity contribution < 1.29 is 58.8 Å². The summed E-state index contributed by atoms with van der Waals surface area (Å²) in [5.41, 5.74) is 0.428. The fraction of sp³-hybridized carbons (Fsp3) is 0.440. The van der Waals surface area contributed by atoms with Crippen LogP contribution in [0.3, 0.4) is 0 Å². The van der Waals surface area contributed by atoms with Gasteiger partial charge in [-0.25, -0.2) is 0 Å². The van der Waals surface area contributed by atoms with E-state index in [1.54, 1.807) is 18.2 Å². The molecule has 2 aromatic carbocycles. The molecule has 5 rings (SSSR count). The molecule has 0 spiro atoms. The third-order valence-corrected chi connectivity index (χ3v) is 6.81. The fourth-order valence-electron chi connectivity index (χ4n) is 4.73. The van der Waals surface area contributed by atoms with Crippen molar-refractivity contribution in [1.29, 1.82) is 0 Å². The fourth-order valence-corrected chi connectivity index (χ4v) is 4.73. The van der Waals surface area contributed by atoms with Gasteiger partial charge in [-0.3, -0.25) is 9.59 Å². The standard InChI is InChI=1S/C25H26O12/c1-10-18(28)17-19(29)12(4-11-2-3-14-15(5-11)35-9-34-14)8-33-24(17)13(6-26)23(10)37-25-22(32)21(31)20(30)16(7-27)36-25/h2-3,5-6,12,16,20-22,25,27-28,30-32H,4,7-9H2,1H3/t12-,16+,20-,21-,22+,25-/m0/s1. The minimum Gasteiger partial charge on any atom is -0.507 e. The van der Waals surface area contributed by atoms with E-state index < -0.39 is 54.8 Å². The highest BCUT2D eigenvalue weighted by Crippen LogP contribution is 2.46. The number of ketones is 1. The molecule has 3 aliphatic heterocycles. The van der Waals surface area contributed by atoms with Crippen molar-refractivity contribution in [2.24, 2.45) is 5.92 Å². The maximum absolute atomic E-state index is 13.4. The van der Waals surface area contributed by atoms with Crippen LogP contribution in [0.1, 0.15) is 31.8 Å². The summed E-state index contributed by atoms with van der Waals surface area (Å²) in [5.74, 6) is -0.796. The molecule has 0 aromatic heterocycles. The third-order valence-electron chi connectivity index (χ3n) is 6.81. The predicted octanol–water partition coefficient (Wildman–Crippen LogP) is -0.145. The molecule has 0 bridgehead atoms. The zero-order valence-corrected chi connectivity index (χ0v) is 19.7. The first kappa shape index (κ1) is 25.2. The first-order valence-electron chi connectivity index (χ1n) is 11.6. The van der Waals surface area contributed by atoms with E-state index in [4.69, 9.17) is 23.7 Å². The Morgan fingerprint density at radius 1 is 1.08 bits per heavy atom. The summed E-state index contributed by atoms with van der Waals surface area (Å²) in [6.07, 6.45) is -7.25. The number of benzene rings is 2. The highest BCUT2D eigenvalue weighted by atomic mass is 16.7. The summed E-state index contributed by atoms with van der Waals surface area (Å²) in [6.45, 7) is 0.759. The molecule has 3 aliphatic rings. The van der Waals surface area contributed by atoms with E-state index in [2.05, 4.69) is 0 Å². The smallest absolute Gasteiger partial charge is 0.231 e. The summed E-state index contributed by atoms with van der Waals surface area (Å²) >= 11 is 0. The molecule has 2 aromatic rings. The number of carbonyl (C=O) groups is 2. The summed E-state index contributed by atoms with van der Waals surface area (Å²) in [7, 11) is 0. The Labute approximate surface area is 210 Å². The van der Waals surface area contributed by atoms with Crippen molar-refractivity contribution in [2.45, 2.75) is 44.1 Å². The average Bonchev–Trinajstić information content (AvgIpc) is 3.36. The van der Waals surface area contributed by atoms with E-state index in [-0.39, 0.29) is 48.0 Å². The number of aromatic hydroxyl groups is 1. The molecule has 0 unspecified atom stereocenters. The molecule has 3 heterocycles. The van der Waals surface area contributed by atoms with Gasteiger partial charge in [0.05, 0.1) is 24.7 Å². The van der Waals surface area contributed by atoms with Crippen LogP contribution >= 0.6 is 0 Å². The number of ether oxygens (including phenoxy) is 5. The predicted molar refractivity (Wildman–Crippen MR) is 122 cm³/mol. The number of phenols is 1. The Morgan fingerprint density at radius 3 is 2.57 bits per heavy atom. The van der Waals surface area contributed by atoms with E-state index in [1.807, 2.05) is 0 Å². The monoisotopic (exact) mass is 518 g/mol. The topological polar surface area (TPSA) is 181 Å². The lowest BCUT2D eigenvalue weighted by Crippen LogP contribution is -2.60. The van der Waals surface area contributed by atoms with E-state index in [0.717, 1.165) is 5.56 Å². The first-order valence-corrected chi connectivity index (χ1v) is 11.6. The number of aldehydes is 1. The Bertz CT molecular complexity index is 1220. The molecule has 1 saturated heterocycles. The van der Waals surface area contributed by atoms with Crippen LogP contribution in [-0.4, -0.2) is 88.3 Å². The number of hydrogen-bond acceptors (Lipinski definition) is 12. The lowest BCUT2D eigenvalue weighted by molar-refractivity contribution is -0.277. The quantitative estimate of drug-likeness (QED) is 0.320. The van der Waals surface area contributed by atoms with Gasteiger partial charge in [0.2, 0.25) is 13.1 Å². The average molecular weight is 518 g/mol. The Kier molecular flexibility index (Phi) is 6.68. The minimum absolute atomic E-state index is 0.00140. The maximum atomic E-state index is 13.4. The summed E-state index contributed by atoms with van der Waals surface area (Å²) in [4.78, 5) is 25.5. The third kappa shape index (κ3) is 4.26. The van der Waals surface area contributed by atoms with Crippen molar-refractivity contribution in [3.05, 3.63) is 40.5 Å².